The van der Waals surface area contributed by atoms with Gasteiger partial charge in [-0.25, -0.2) is 4.99 Å². The molecule has 0 aliphatic rings. The van der Waals surface area contributed by atoms with Crippen LogP contribution in [0.25, 0.3) is 0 Å². The molecule has 0 saturated heterocycles. The molecule has 0 unspecified atom stereocenters. The van der Waals surface area contributed by atoms with Crippen molar-refractivity contribution < 1.29 is 4.48 Å². The summed E-state index contributed by atoms with van der Waals surface area (Å²) in [7, 11) is 1.18. The number of hydrogen-bond acceptors (Lipinski definition) is 1. The molecule has 4 heteroatoms. The van der Waals surface area contributed by atoms with E-state index < -0.39 is 0 Å². The van der Waals surface area contributed by atoms with Crippen molar-refractivity contribution in [3.8, 4) is 0 Å². The average Bonchev–Trinajstić information content (AvgIpc) is 1.82. The summed E-state index contributed by atoms with van der Waals surface area (Å²) in [6, 6.07) is 0. The maximum Gasteiger partial charge on any atom is 0.158 e. The van der Waals surface area contributed by atoms with Crippen LogP contribution in [0.15, 0.2) is 17.6 Å². The molecule has 1 N–H and O–H groups in total. The van der Waals surface area contributed by atoms with Crippen molar-refractivity contribution in [1.29, 1.82) is 5.41 Å². The summed E-state index contributed by atoms with van der Waals surface area (Å²) in [5, 5.41) is 6.77. The Bertz CT molecular complexity index is 139. The highest BCUT2D eigenvalue weighted by molar-refractivity contribution is 5.95. The molecule has 0 aromatic carbocycles. The molecule has 0 saturated carbocycles. The van der Waals surface area contributed by atoms with Crippen LogP contribution in [0.4, 0.5) is 4.48 Å². The first-order chi connectivity index (χ1) is 4.22. The largest absolute Gasteiger partial charge is 0.289 e. The van der Waals surface area contributed by atoms with Crippen LogP contribution in [0.5, 0.6) is 0 Å². The fourth-order valence-corrected chi connectivity index (χ4v) is 0.324. The molecule has 0 radical (unpaired) electrons. The van der Waals surface area contributed by atoms with E-state index in [2.05, 4.69) is 11.6 Å². The van der Waals surface area contributed by atoms with Crippen molar-refractivity contribution in [2.24, 2.45) is 4.99 Å². The van der Waals surface area contributed by atoms with Crippen LogP contribution in [0.1, 0.15) is 0 Å². The Morgan fingerprint density at radius 2 is 2.44 bits per heavy atom. The number of amidine groups is 1. The summed E-state index contributed by atoms with van der Waals surface area (Å²) in [4.78, 5) is 3.33. The summed E-state index contributed by atoms with van der Waals surface area (Å²) in [5.41, 5.74) is 0. The van der Waals surface area contributed by atoms with Gasteiger partial charge in [0.05, 0.1) is 0 Å². The van der Waals surface area contributed by atoms with Gasteiger partial charge in [-0.15, -0.1) is 0 Å². The van der Waals surface area contributed by atoms with Gasteiger partial charge in [0.15, 0.2) is 5.84 Å². The Labute approximate surface area is 53.0 Å². The SMILES string of the molecule is C=CC(=NC=N)N(C)F. The summed E-state index contributed by atoms with van der Waals surface area (Å²) in [6.45, 7) is 3.29. The molecule has 9 heavy (non-hydrogen) atoms. The number of aliphatic imine (C=N–C) groups is 1. The number of hydrogen-bond donors (Lipinski definition) is 1. The summed E-state index contributed by atoms with van der Waals surface area (Å²) < 4.78 is 12.1. The van der Waals surface area contributed by atoms with Gasteiger partial charge in [0.25, 0.3) is 0 Å². The smallest absolute Gasteiger partial charge is 0.158 e. The van der Waals surface area contributed by atoms with Gasteiger partial charge in [0, 0.05) is 7.05 Å². The lowest BCUT2D eigenvalue weighted by Gasteiger charge is -2.02. The van der Waals surface area contributed by atoms with Crippen LogP contribution in [0.2, 0.25) is 0 Å². The summed E-state index contributed by atoms with van der Waals surface area (Å²) >= 11 is 0. The van der Waals surface area contributed by atoms with Gasteiger partial charge < -0.3 is 0 Å². The van der Waals surface area contributed by atoms with Crippen LogP contribution >= 0.6 is 0 Å². The molecule has 0 aromatic rings. The van der Waals surface area contributed by atoms with E-state index >= 15 is 0 Å². The van der Waals surface area contributed by atoms with Crippen molar-refractivity contribution in [3.05, 3.63) is 12.7 Å². The van der Waals surface area contributed by atoms with Gasteiger partial charge in [-0.1, -0.05) is 11.1 Å². The van der Waals surface area contributed by atoms with E-state index in [1.807, 2.05) is 0 Å². The highest BCUT2D eigenvalue weighted by Crippen LogP contribution is 1.87. The zero-order valence-electron chi connectivity index (χ0n) is 5.13. The second kappa shape index (κ2) is 3.77. The second-order valence-corrected chi connectivity index (χ2v) is 1.30. The average molecular weight is 129 g/mol. The quantitative estimate of drug-likeness (QED) is 0.337. The topological polar surface area (TPSA) is 39.5 Å². The lowest BCUT2D eigenvalue weighted by atomic mass is 10.6. The molecule has 0 spiro atoms. The summed E-state index contributed by atoms with van der Waals surface area (Å²) in [6.07, 6.45) is 1.98. The fourth-order valence-electron chi connectivity index (χ4n) is 0.324. The van der Waals surface area contributed by atoms with Crippen LogP contribution < -0.4 is 0 Å². The van der Waals surface area contributed by atoms with Gasteiger partial charge in [-0.05, 0) is 6.08 Å². The van der Waals surface area contributed by atoms with E-state index in [0.717, 1.165) is 6.34 Å². The van der Waals surface area contributed by atoms with Crippen molar-refractivity contribution in [2.75, 3.05) is 7.05 Å². The van der Waals surface area contributed by atoms with Gasteiger partial charge in [0.1, 0.15) is 6.34 Å². The first-order valence-electron chi connectivity index (χ1n) is 2.31. The monoisotopic (exact) mass is 129 g/mol. The number of rotatable bonds is 2. The Morgan fingerprint density at radius 1 is 1.89 bits per heavy atom. The Morgan fingerprint density at radius 3 is 2.56 bits per heavy atom. The maximum absolute atomic E-state index is 12.1. The molecule has 50 valence electrons. The maximum atomic E-state index is 12.1. The van der Waals surface area contributed by atoms with E-state index in [-0.39, 0.29) is 11.0 Å². The Hall–Kier alpha value is -1.19. The lowest BCUT2D eigenvalue weighted by molar-refractivity contribution is 0.163. The molecular weight excluding hydrogens is 121 g/mol. The molecule has 3 nitrogen and oxygen atoms in total. The lowest BCUT2D eigenvalue weighted by Crippen LogP contribution is -2.14. The molecular formula is C5H8FN3. The van der Waals surface area contributed by atoms with Gasteiger partial charge in [-0.3, -0.25) is 5.41 Å². The van der Waals surface area contributed by atoms with E-state index in [4.69, 9.17) is 5.41 Å². The Balaban J connectivity index is 4.13. The van der Waals surface area contributed by atoms with E-state index in [1.165, 1.54) is 13.1 Å². The standard InChI is InChI=1S/C5H8FN3/c1-3-5(8-4-7)9(2)6/h3-4,7H,1H2,2H3. The van der Waals surface area contributed by atoms with Gasteiger partial charge >= 0.3 is 0 Å². The molecule has 0 aliphatic carbocycles. The molecule has 0 atom stereocenters. The second-order valence-electron chi connectivity index (χ2n) is 1.30. The molecule has 0 aliphatic heterocycles. The van der Waals surface area contributed by atoms with Gasteiger partial charge in [0.2, 0.25) is 0 Å². The Kier molecular flexibility index (Phi) is 3.27. The highest BCUT2D eigenvalue weighted by atomic mass is 19.2. The highest BCUT2D eigenvalue weighted by Gasteiger charge is 1.95. The van der Waals surface area contributed by atoms with Crippen LogP contribution in [0, 0.1) is 5.41 Å². The van der Waals surface area contributed by atoms with Crippen LogP contribution in [0.3, 0.4) is 0 Å². The predicted octanol–water partition coefficient (Wildman–Crippen LogP) is 0.994. The van der Waals surface area contributed by atoms with E-state index in [9.17, 15) is 4.48 Å². The molecule has 0 bridgehead atoms. The van der Waals surface area contributed by atoms with E-state index in [1.54, 1.807) is 0 Å². The number of nitrogens with zero attached hydrogens (tertiary/aromatic N) is 2. The minimum atomic E-state index is 0.0324. The third-order valence-electron chi connectivity index (χ3n) is 0.695. The first-order valence-corrected chi connectivity index (χ1v) is 2.31. The predicted molar refractivity (Wildman–Crippen MR) is 35.3 cm³/mol. The molecule has 0 heterocycles. The number of likely N-dealkylation sites (N-methyl/N-ethyl adjacent to an activating group) is 1. The molecule has 0 aromatic heterocycles. The number of nitrogens with one attached hydrogen (secondary N) is 1. The van der Waals surface area contributed by atoms with Crippen molar-refractivity contribution >= 4 is 12.2 Å². The van der Waals surface area contributed by atoms with E-state index in [0.29, 0.717) is 0 Å². The summed E-state index contributed by atoms with van der Waals surface area (Å²) in [5.74, 6) is 0.0324. The third-order valence-corrected chi connectivity index (χ3v) is 0.695. The van der Waals surface area contributed by atoms with Crippen molar-refractivity contribution in [1.82, 2.24) is 5.12 Å². The third kappa shape index (κ3) is 2.58. The fraction of sp³-hybridized carbons (Fsp3) is 0.200. The minimum Gasteiger partial charge on any atom is -0.289 e. The zero-order chi connectivity index (χ0) is 7.28. The van der Waals surface area contributed by atoms with Crippen molar-refractivity contribution in [3.63, 3.8) is 0 Å². The van der Waals surface area contributed by atoms with Crippen molar-refractivity contribution in [2.45, 2.75) is 0 Å². The normalized spacial score (nSPS) is 10.7. The molecule has 0 amide bonds. The minimum absolute atomic E-state index is 0.0324. The molecule has 0 fully saturated rings. The zero-order valence-corrected chi connectivity index (χ0v) is 5.13. The van der Waals surface area contributed by atoms with Crippen LogP contribution in [-0.4, -0.2) is 24.3 Å². The van der Waals surface area contributed by atoms with Gasteiger partial charge in [-0.2, -0.15) is 5.12 Å². The first kappa shape index (κ1) is 7.81. The molecule has 0 rings (SSSR count). The van der Waals surface area contributed by atoms with Crippen LogP contribution in [-0.2, 0) is 0 Å². The number of halogens is 1.